The van der Waals surface area contributed by atoms with E-state index in [1.165, 1.54) is 0 Å². The van der Waals surface area contributed by atoms with Crippen molar-refractivity contribution in [3.8, 4) is 0 Å². The van der Waals surface area contributed by atoms with E-state index >= 15 is 0 Å². The highest BCUT2D eigenvalue weighted by Crippen LogP contribution is 2.28. The summed E-state index contributed by atoms with van der Waals surface area (Å²) in [5.41, 5.74) is 0.920. The molecule has 0 atom stereocenters. The predicted octanol–water partition coefficient (Wildman–Crippen LogP) is 3.65. The zero-order valence-electron chi connectivity index (χ0n) is 14.3. The highest BCUT2D eigenvalue weighted by atomic mass is 16.5. The summed E-state index contributed by atoms with van der Waals surface area (Å²) in [6.07, 6.45) is 2.68. The molecule has 2 N–H and O–H groups in total. The topological polar surface area (TPSA) is 59.1 Å². The molecule has 0 saturated carbocycles. The van der Waals surface area contributed by atoms with Gasteiger partial charge in [0.15, 0.2) is 0 Å². The fourth-order valence-electron chi connectivity index (χ4n) is 2.21. The molecule has 5 heteroatoms. The largest absolute Gasteiger partial charge is 0.374 e. The molecule has 0 saturated heterocycles. The van der Waals surface area contributed by atoms with Crippen molar-refractivity contribution in [2.24, 2.45) is 0 Å². The molecule has 0 aliphatic carbocycles. The van der Waals surface area contributed by atoms with Gasteiger partial charge in [-0.05, 0) is 33.1 Å². The van der Waals surface area contributed by atoms with Crippen LogP contribution in [0.4, 0.5) is 11.6 Å². The summed E-state index contributed by atoms with van der Waals surface area (Å²) in [5, 5.41) is 6.81. The fourth-order valence-corrected chi connectivity index (χ4v) is 2.21. The first kappa shape index (κ1) is 17.7. The quantitative estimate of drug-likeness (QED) is 0.728. The van der Waals surface area contributed by atoms with E-state index in [1.54, 1.807) is 6.33 Å². The molecule has 0 bridgehead atoms. The Hall–Kier alpha value is -1.36. The number of hydrogen-bond acceptors (Lipinski definition) is 5. The molecule has 1 heterocycles. The van der Waals surface area contributed by atoms with E-state index in [-0.39, 0.29) is 5.60 Å². The van der Waals surface area contributed by atoms with Gasteiger partial charge in [0.25, 0.3) is 0 Å². The van der Waals surface area contributed by atoms with Crippen molar-refractivity contribution in [1.29, 1.82) is 0 Å². The van der Waals surface area contributed by atoms with Crippen molar-refractivity contribution >= 4 is 11.6 Å². The Bertz CT molecular complexity index is 432. The summed E-state index contributed by atoms with van der Waals surface area (Å²) in [5.74, 6) is 2.17. The second kappa shape index (κ2) is 8.17. The van der Waals surface area contributed by atoms with Crippen molar-refractivity contribution in [1.82, 2.24) is 9.97 Å². The van der Waals surface area contributed by atoms with Crippen LogP contribution in [0.2, 0.25) is 0 Å². The summed E-state index contributed by atoms with van der Waals surface area (Å²) < 4.78 is 5.73. The third kappa shape index (κ3) is 5.50. The van der Waals surface area contributed by atoms with Gasteiger partial charge in [-0.25, -0.2) is 9.97 Å². The molecule has 1 aromatic heterocycles. The lowest BCUT2D eigenvalue weighted by Gasteiger charge is -2.26. The average molecular weight is 294 g/mol. The molecule has 0 radical (unpaired) electrons. The van der Waals surface area contributed by atoms with Crippen molar-refractivity contribution in [2.45, 2.75) is 59.5 Å². The number of aromatic nitrogens is 2. The summed E-state index contributed by atoms with van der Waals surface area (Å²) in [7, 11) is 0. The van der Waals surface area contributed by atoms with Gasteiger partial charge in [-0.1, -0.05) is 20.8 Å². The predicted molar refractivity (Wildman–Crippen MR) is 89.1 cm³/mol. The zero-order chi connectivity index (χ0) is 15.9. The Morgan fingerprint density at radius 3 is 2.29 bits per heavy atom. The minimum absolute atomic E-state index is 0.217. The second-order valence-electron chi connectivity index (χ2n) is 6.11. The number of anilines is 2. The molecule has 0 aliphatic heterocycles. The molecule has 120 valence electrons. The standard InChI is InChI=1S/C16H30N4O/c1-7-9-17-14-13(12(3)4)15(20-11-19-14)18-10-16(5,6)21-8-2/h11-12H,7-10H2,1-6H3,(H2,17,18,19,20). The molecule has 0 aliphatic rings. The Kier molecular flexibility index (Phi) is 6.89. The highest BCUT2D eigenvalue weighted by Gasteiger charge is 2.20. The lowest BCUT2D eigenvalue weighted by atomic mass is 10.0. The van der Waals surface area contributed by atoms with E-state index in [9.17, 15) is 0 Å². The monoisotopic (exact) mass is 294 g/mol. The van der Waals surface area contributed by atoms with Crippen LogP contribution in [-0.2, 0) is 4.74 Å². The van der Waals surface area contributed by atoms with Crippen LogP contribution in [0, 0.1) is 0 Å². The van der Waals surface area contributed by atoms with Gasteiger partial charge in [0.2, 0.25) is 0 Å². The Morgan fingerprint density at radius 2 is 1.76 bits per heavy atom. The summed E-state index contributed by atoms with van der Waals surface area (Å²) in [6, 6.07) is 0. The first-order valence-electron chi connectivity index (χ1n) is 7.87. The van der Waals surface area contributed by atoms with E-state index in [0.717, 1.165) is 30.2 Å². The van der Waals surface area contributed by atoms with E-state index in [0.29, 0.717) is 19.1 Å². The van der Waals surface area contributed by atoms with Crippen LogP contribution in [0.5, 0.6) is 0 Å². The van der Waals surface area contributed by atoms with Crippen LogP contribution in [0.15, 0.2) is 6.33 Å². The van der Waals surface area contributed by atoms with E-state index < -0.39 is 0 Å². The first-order valence-corrected chi connectivity index (χ1v) is 7.87. The van der Waals surface area contributed by atoms with Crippen LogP contribution < -0.4 is 10.6 Å². The minimum atomic E-state index is -0.217. The maximum absolute atomic E-state index is 5.73. The molecule has 0 aromatic carbocycles. The lowest BCUT2D eigenvalue weighted by Crippen LogP contribution is -2.34. The molecule has 1 aromatic rings. The van der Waals surface area contributed by atoms with Crippen molar-refractivity contribution in [3.05, 3.63) is 11.9 Å². The molecule has 21 heavy (non-hydrogen) atoms. The molecule has 5 nitrogen and oxygen atoms in total. The van der Waals surface area contributed by atoms with Gasteiger partial charge >= 0.3 is 0 Å². The number of ether oxygens (including phenoxy) is 1. The molecular weight excluding hydrogens is 264 g/mol. The van der Waals surface area contributed by atoms with E-state index in [1.807, 2.05) is 6.92 Å². The molecule has 1 rings (SSSR count). The SMILES string of the molecule is CCCNc1ncnc(NCC(C)(C)OCC)c1C(C)C. The van der Waals surface area contributed by atoms with Gasteiger partial charge in [-0.2, -0.15) is 0 Å². The number of hydrogen-bond donors (Lipinski definition) is 2. The Morgan fingerprint density at radius 1 is 1.14 bits per heavy atom. The maximum atomic E-state index is 5.73. The van der Waals surface area contributed by atoms with Crippen LogP contribution >= 0.6 is 0 Å². The van der Waals surface area contributed by atoms with Crippen LogP contribution in [-0.4, -0.2) is 35.3 Å². The fraction of sp³-hybridized carbons (Fsp3) is 0.750. The van der Waals surface area contributed by atoms with Gasteiger partial charge < -0.3 is 15.4 Å². The summed E-state index contributed by atoms with van der Waals surface area (Å²) in [4.78, 5) is 8.80. The van der Waals surface area contributed by atoms with Gasteiger partial charge in [-0.15, -0.1) is 0 Å². The Balaban J connectivity index is 2.90. The maximum Gasteiger partial charge on any atom is 0.135 e. The van der Waals surface area contributed by atoms with Crippen molar-refractivity contribution in [3.63, 3.8) is 0 Å². The molecule has 0 fully saturated rings. The third-order valence-electron chi connectivity index (χ3n) is 3.22. The van der Waals surface area contributed by atoms with Gasteiger partial charge in [0, 0.05) is 25.3 Å². The summed E-state index contributed by atoms with van der Waals surface area (Å²) in [6.45, 7) is 15.0. The minimum Gasteiger partial charge on any atom is -0.374 e. The van der Waals surface area contributed by atoms with Gasteiger partial charge in [0.05, 0.1) is 5.60 Å². The van der Waals surface area contributed by atoms with Crippen molar-refractivity contribution in [2.75, 3.05) is 30.3 Å². The van der Waals surface area contributed by atoms with Crippen molar-refractivity contribution < 1.29 is 4.74 Å². The van der Waals surface area contributed by atoms with Gasteiger partial charge in [0.1, 0.15) is 18.0 Å². The number of nitrogens with one attached hydrogen (secondary N) is 2. The second-order valence-corrected chi connectivity index (χ2v) is 6.11. The average Bonchev–Trinajstić information content (AvgIpc) is 2.42. The van der Waals surface area contributed by atoms with Crippen LogP contribution in [0.3, 0.4) is 0 Å². The van der Waals surface area contributed by atoms with Gasteiger partial charge in [-0.3, -0.25) is 0 Å². The molecule has 0 spiro atoms. The highest BCUT2D eigenvalue weighted by molar-refractivity contribution is 5.59. The third-order valence-corrected chi connectivity index (χ3v) is 3.22. The van der Waals surface area contributed by atoms with E-state index in [2.05, 4.69) is 55.2 Å². The lowest BCUT2D eigenvalue weighted by molar-refractivity contribution is 0.000626. The van der Waals surface area contributed by atoms with Crippen LogP contribution in [0.1, 0.15) is 59.4 Å². The number of rotatable bonds is 9. The van der Waals surface area contributed by atoms with E-state index in [4.69, 9.17) is 4.74 Å². The zero-order valence-corrected chi connectivity index (χ0v) is 14.3. The normalized spacial score (nSPS) is 11.8. The molecule has 0 amide bonds. The smallest absolute Gasteiger partial charge is 0.135 e. The number of nitrogens with zero attached hydrogens (tertiary/aromatic N) is 2. The first-order chi connectivity index (χ1) is 9.91. The summed E-state index contributed by atoms with van der Waals surface area (Å²) >= 11 is 0. The van der Waals surface area contributed by atoms with Crippen LogP contribution in [0.25, 0.3) is 0 Å². The Labute approximate surface area is 128 Å². The molecule has 0 unspecified atom stereocenters. The molecular formula is C16H30N4O.